The molecule has 0 aliphatic carbocycles. The molecule has 2 amide bonds. The molecule has 6 aliphatic rings. The third kappa shape index (κ3) is 20.1. The van der Waals surface area contributed by atoms with E-state index in [4.69, 9.17) is 83.4 Å². The number of methoxy groups -OCH3 is 2. The van der Waals surface area contributed by atoms with Gasteiger partial charge in [-0.25, -0.2) is 4.68 Å². The molecule has 4 N–H and O–H groups in total. The number of aliphatic hydroxyl groups is 4. The number of ether oxygens (including phenoxy) is 9. The van der Waals surface area contributed by atoms with Crippen molar-refractivity contribution in [3.05, 3.63) is 207 Å². The van der Waals surface area contributed by atoms with Crippen molar-refractivity contribution < 1.29 is 104 Å². The SMILES string of the molecule is COc1cc2c(cc1OCc1cc(COc3cc4c(cc3OC)C(=O)N3c5ccccc5C[C@H]3C=N4)cc(OS(=O)(=O)Oc3cc(C(=O)CCCOCCn4cc(COCCOCCCC(=O)c5ccc(C(=O)CCS(=S)(=S)c6ccc(C)cc6)cc5)nn4)ccc3OC3O[C@H](CO)[C@H](O)[C@H](O)[C@H]3O)c1)N=C[C@@H]1CC3=C(CN1C2=O)N=CC3C. The first-order valence-electron chi connectivity index (χ1n) is 38.7. The molecule has 624 valence electrons. The minimum atomic E-state index is -5.31. The first-order chi connectivity index (χ1) is 57.4. The zero-order valence-corrected chi connectivity index (χ0v) is 68.7. The van der Waals surface area contributed by atoms with Gasteiger partial charge in [-0.15, -0.1) is 13.5 Å². The van der Waals surface area contributed by atoms with E-state index in [-0.39, 0.29) is 159 Å². The molecule has 30 nitrogen and oxygen atoms in total. The molecule has 8 atom stereocenters. The van der Waals surface area contributed by atoms with Crippen molar-refractivity contribution in [1.82, 2.24) is 19.9 Å². The highest BCUT2D eigenvalue weighted by atomic mass is 33.1. The molecule has 1 aromatic heterocycles. The highest BCUT2D eigenvalue weighted by Crippen LogP contribution is 2.44. The van der Waals surface area contributed by atoms with Crippen LogP contribution in [0.4, 0.5) is 17.1 Å². The van der Waals surface area contributed by atoms with Gasteiger partial charge in [-0.3, -0.25) is 43.8 Å². The summed E-state index contributed by atoms with van der Waals surface area (Å²) in [6.07, 6.45) is 0.392. The summed E-state index contributed by atoms with van der Waals surface area (Å²) in [5.74, 6) is -1.33. The number of amides is 2. The van der Waals surface area contributed by atoms with E-state index in [1.54, 1.807) is 87.7 Å². The lowest BCUT2D eigenvalue weighted by Crippen LogP contribution is -2.60. The molecule has 1 saturated heterocycles. The Balaban J connectivity index is 0.599. The fourth-order valence-corrected chi connectivity index (χ4v) is 17.6. The van der Waals surface area contributed by atoms with E-state index < -0.39 is 72.1 Å². The molecule has 7 heterocycles. The summed E-state index contributed by atoms with van der Waals surface area (Å²) in [5.41, 5.74) is 8.22. The van der Waals surface area contributed by atoms with E-state index in [2.05, 4.69) is 22.2 Å². The number of aromatic nitrogens is 3. The number of rotatable bonds is 38. The second-order valence-corrected chi connectivity index (χ2v) is 36.5. The van der Waals surface area contributed by atoms with E-state index >= 15 is 0 Å². The lowest BCUT2D eigenvalue weighted by Gasteiger charge is -2.39. The van der Waals surface area contributed by atoms with Crippen LogP contribution >= 0.6 is 0 Å². The van der Waals surface area contributed by atoms with E-state index in [9.17, 15) is 52.8 Å². The van der Waals surface area contributed by atoms with Crippen LogP contribution in [0, 0.1) is 12.8 Å². The Morgan fingerprint density at radius 3 is 1.90 bits per heavy atom. The van der Waals surface area contributed by atoms with Crippen molar-refractivity contribution in [1.29, 1.82) is 0 Å². The maximum Gasteiger partial charge on any atom is 0.501 e. The standard InChI is InChI=1S/C85H88N8O22S4/c1-50-13-20-62(21-14-50)118(116,117)30-23-72(97)55-17-15-54(16-18-55)70(95)11-7-26-108-28-29-109-49-58-44-91(90-89-58)24-27-107-25-8-12-71(96)57-19-22-73(112-85-82(100)81(99)80(98)79(46-94)113-85)78(35-57)115-119(103,104)114-61-32-52(47-110-76-39-66-64(37-74(76)105-3)83(101)92-45-68-63(51(2)41-86-68)36-59(92)42-87-66)31-53(33-61)48-111-77-40-67-65(38-75(77)106-4)84(102)93-60(43-88-67)34-56-9-5-6-10-69(56)93/h5-6,9-10,13-22,31-33,35,37-44,51,59-60,79-82,85,94,98-100H,7-8,11-12,23-30,34,36,45-49H2,1-4H3/t51?,59-,60-,79+,80-,81-,82+,85?/m0/s1. The molecule has 2 unspecified atom stereocenters. The quantitative estimate of drug-likeness (QED) is 0.0207. The maximum atomic E-state index is 14.6. The van der Waals surface area contributed by atoms with Crippen LogP contribution in [0.25, 0.3) is 0 Å². The van der Waals surface area contributed by atoms with Crippen molar-refractivity contribution in [3.8, 4) is 40.2 Å². The predicted octanol–water partition coefficient (Wildman–Crippen LogP) is 9.42. The maximum absolute atomic E-state index is 14.6. The number of para-hydroxylation sites is 1. The smallest absolute Gasteiger partial charge is 0.493 e. The average Bonchev–Trinajstić information content (AvgIpc) is 1.58. The zero-order chi connectivity index (χ0) is 83.7. The van der Waals surface area contributed by atoms with Crippen LogP contribution in [0.1, 0.15) is 125 Å². The van der Waals surface area contributed by atoms with Gasteiger partial charge in [-0.2, -0.15) is 0 Å². The lowest BCUT2D eigenvalue weighted by atomic mass is 9.91. The van der Waals surface area contributed by atoms with E-state index in [0.29, 0.717) is 84.0 Å². The van der Waals surface area contributed by atoms with Gasteiger partial charge >= 0.3 is 10.4 Å². The Morgan fingerprint density at radius 1 is 0.605 bits per heavy atom. The fourth-order valence-electron chi connectivity index (χ4n) is 14.5. The summed E-state index contributed by atoms with van der Waals surface area (Å²) >= 11 is 11.5. The van der Waals surface area contributed by atoms with Crippen LogP contribution in [-0.4, -0.2) is 205 Å². The van der Waals surface area contributed by atoms with E-state index in [1.165, 1.54) is 38.5 Å². The second kappa shape index (κ2) is 37.8. The third-order valence-electron chi connectivity index (χ3n) is 20.9. The number of hydrogen-bond acceptors (Lipinski definition) is 29. The highest BCUT2D eigenvalue weighted by Gasteiger charge is 2.46. The minimum absolute atomic E-state index is 0.0568. The van der Waals surface area contributed by atoms with Crippen LogP contribution in [-0.2, 0) is 91.7 Å². The number of aryl methyl sites for hydroxylation is 1. The molecule has 1 fully saturated rings. The predicted molar refractivity (Wildman–Crippen MR) is 444 cm³/mol. The molecule has 0 saturated carbocycles. The van der Waals surface area contributed by atoms with E-state index in [0.717, 1.165) is 39.0 Å². The van der Waals surface area contributed by atoms with Crippen molar-refractivity contribution >= 4 is 105 Å². The number of aliphatic imine (C=N–C) groups is 3. The van der Waals surface area contributed by atoms with E-state index in [1.807, 2.05) is 61.7 Å². The summed E-state index contributed by atoms with van der Waals surface area (Å²) in [4.78, 5) is 86.9. The summed E-state index contributed by atoms with van der Waals surface area (Å²) in [6, 6.07) is 35.6. The van der Waals surface area contributed by atoms with Crippen LogP contribution in [0.3, 0.4) is 0 Å². The van der Waals surface area contributed by atoms with Gasteiger partial charge < -0.3 is 76.3 Å². The van der Waals surface area contributed by atoms with Gasteiger partial charge in [0.05, 0.1) is 107 Å². The van der Waals surface area contributed by atoms with Gasteiger partial charge in [0.1, 0.15) is 49.1 Å². The average molecular weight is 1700 g/mol. The van der Waals surface area contributed by atoms with Crippen molar-refractivity contribution in [2.75, 3.05) is 71.1 Å². The number of Topliss-reactive ketones (excluding diaryl/α,β-unsaturated/α-hetero) is 3. The summed E-state index contributed by atoms with van der Waals surface area (Å²) in [7, 11) is -4.44. The van der Waals surface area contributed by atoms with Crippen molar-refractivity contribution in [2.24, 2.45) is 20.9 Å². The Bertz CT molecular complexity index is 5510. The van der Waals surface area contributed by atoms with Gasteiger partial charge in [0.25, 0.3) is 11.8 Å². The third-order valence-corrected chi connectivity index (χ3v) is 25.6. The molecule has 0 radical (unpaired) electrons. The monoisotopic (exact) mass is 1700 g/mol. The number of carbonyl (C=O) groups excluding carboxylic acids is 5. The summed E-state index contributed by atoms with van der Waals surface area (Å²) in [5, 5.41) is 50.6. The Hall–Kier alpha value is -10.6. The number of benzene rings is 7. The highest BCUT2D eigenvalue weighted by molar-refractivity contribution is 8.56. The zero-order valence-electron chi connectivity index (χ0n) is 65.4. The molecule has 14 rings (SSSR count). The Morgan fingerprint density at radius 2 is 1.23 bits per heavy atom. The molecule has 119 heavy (non-hydrogen) atoms. The molecule has 6 aliphatic heterocycles. The van der Waals surface area contributed by atoms with Crippen LogP contribution in [0.5, 0.6) is 40.2 Å². The second-order valence-electron chi connectivity index (χ2n) is 29.2. The number of nitrogens with zero attached hydrogens (tertiary/aromatic N) is 8. The molecular weight excluding hydrogens is 1610 g/mol. The molecular formula is C85H88N8O22S4. The number of aliphatic hydroxyl groups excluding tert-OH is 4. The van der Waals surface area contributed by atoms with Crippen molar-refractivity contribution in [2.45, 2.75) is 133 Å². The van der Waals surface area contributed by atoms with Gasteiger partial charge in [-0.05, 0) is 138 Å². The number of carbonyl (C=O) groups is 5. The number of ketones is 3. The molecule has 8 aromatic rings. The fraction of sp³-hybridized carbons (Fsp3) is 0.365. The van der Waals surface area contributed by atoms with Gasteiger partial charge in [0.15, 0.2) is 51.8 Å². The largest absolute Gasteiger partial charge is 0.501 e. The lowest BCUT2D eigenvalue weighted by molar-refractivity contribution is -0.277. The first-order valence-corrected chi connectivity index (χ1v) is 43.6. The molecule has 7 aromatic carbocycles. The molecule has 0 bridgehead atoms. The van der Waals surface area contributed by atoms with Crippen LogP contribution in [0.2, 0.25) is 0 Å². The molecule has 0 spiro atoms. The first kappa shape index (κ1) is 84.8. The number of hydrogen-bond donors (Lipinski definition) is 4. The minimum Gasteiger partial charge on any atom is -0.493 e. The summed E-state index contributed by atoms with van der Waals surface area (Å²) in [6.45, 7) is 4.67. The topological polar surface area (TPSA) is 376 Å². The molecule has 34 heteroatoms. The Labute approximate surface area is 696 Å². The van der Waals surface area contributed by atoms with Gasteiger partial charge in [0.2, 0.25) is 6.29 Å². The normalized spacial score (nSPS) is 19.7. The van der Waals surface area contributed by atoms with Crippen molar-refractivity contribution in [3.63, 3.8) is 0 Å². The summed E-state index contributed by atoms with van der Waals surface area (Å²) < 4.78 is 95.4. The Kier molecular flexibility index (Phi) is 26.9. The van der Waals surface area contributed by atoms with Gasteiger partial charge in [-0.1, -0.05) is 79.4 Å². The van der Waals surface area contributed by atoms with Gasteiger partial charge in [0, 0.05) is 109 Å². The van der Waals surface area contributed by atoms with Crippen LogP contribution in [0.15, 0.2) is 171 Å². The van der Waals surface area contributed by atoms with Crippen LogP contribution < -0.4 is 37.0 Å². The number of fused-ring (bicyclic) bond motifs is 6. The number of anilines is 1.